The predicted molar refractivity (Wildman–Crippen MR) is 51.9 cm³/mol. The fourth-order valence-corrected chi connectivity index (χ4v) is 3.13. The number of rotatable bonds is 1. The lowest BCUT2D eigenvalue weighted by molar-refractivity contribution is 0.372. The van der Waals surface area contributed by atoms with Gasteiger partial charge in [-0.3, -0.25) is 0 Å². The highest BCUT2D eigenvalue weighted by Crippen LogP contribution is 2.61. The Hall–Kier alpha value is -0.0400. The van der Waals surface area contributed by atoms with Crippen LogP contribution in [-0.4, -0.2) is 6.04 Å². The van der Waals surface area contributed by atoms with Crippen LogP contribution in [0.4, 0.5) is 0 Å². The molecule has 0 aliphatic heterocycles. The van der Waals surface area contributed by atoms with Crippen LogP contribution >= 0.6 is 0 Å². The van der Waals surface area contributed by atoms with Gasteiger partial charge in [0.15, 0.2) is 0 Å². The van der Waals surface area contributed by atoms with Gasteiger partial charge in [0.05, 0.1) is 0 Å². The van der Waals surface area contributed by atoms with Gasteiger partial charge in [0.1, 0.15) is 0 Å². The Bertz CT molecular complexity index is 154. The van der Waals surface area contributed by atoms with Gasteiger partial charge in [-0.2, -0.15) is 0 Å². The van der Waals surface area contributed by atoms with Crippen molar-refractivity contribution < 1.29 is 0 Å². The molecule has 2 aliphatic rings. The first kappa shape index (κ1) is 8.55. The summed E-state index contributed by atoms with van der Waals surface area (Å²) in [7, 11) is 0. The van der Waals surface area contributed by atoms with Gasteiger partial charge in [0.2, 0.25) is 0 Å². The van der Waals surface area contributed by atoms with E-state index in [2.05, 4.69) is 6.92 Å². The van der Waals surface area contributed by atoms with Crippen molar-refractivity contribution in [1.29, 1.82) is 0 Å². The zero-order valence-corrected chi connectivity index (χ0v) is 8.18. The van der Waals surface area contributed by atoms with Crippen molar-refractivity contribution in [3.05, 3.63) is 0 Å². The molecule has 2 rings (SSSR count). The summed E-state index contributed by atoms with van der Waals surface area (Å²) in [6, 6.07) is 0.447. The van der Waals surface area contributed by atoms with Gasteiger partial charge in [0.25, 0.3) is 0 Å². The number of hydrogen-bond acceptors (Lipinski definition) is 1. The molecule has 2 unspecified atom stereocenters. The third-order valence-corrected chi connectivity index (χ3v) is 3.99. The molecule has 0 saturated heterocycles. The fourth-order valence-electron chi connectivity index (χ4n) is 3.13. The van der Waals surface area contributed by atoms with Crippen molar-refractivity contribution in [3.63, 3.8) is 0 Å². The summed E-state index contributed by atoms with van der Waals surface area (Å²) in [6.07, 6.45) is 10.2. The molecule has 0 aromatic carbocycles. The summed E-state index contributed by atoms with van der Waals surface area (Å²) in [4.78, 5) is 0. The minimum atomic E-state index is 0.447. The monoisotopic (exact) mass is 167 g/mol. The summed E-state index contributed by atoms with van der Waals surface area (Å²) in [6.45, 7) is 2.18. The van der Waals surface area contributed by atoms with E-state index in [0.29, 0.717) is 6.04 Å². The number of hydrogen-bond donors (Lipinski definition) is 1. The standard InChI is InChI=1S/C11H21N/c1-9(12)10-8-11(10)6-4-2-3-5-7-11/h9-10H,2-8,12H2,1H3. The Balaban J connectivity index is 1.94. The van der Waals surface area contributed by atoms with Crippen LogP contribution in [0.1, 0.15) is 51.9 Å². The molecule has 0 heterocycles. The Morgan fingerprint density at radius 2 is 1.75 bits per heavy atom. The zero-order chi connectivity index (χ0) is 8.60. The van der Waals surface area contributed by atoms with Gasteiger partial charge in [-0.15, -0.1) is 0 Å². The van der Waals surface area contributed by atoms with Crippen molar-refractivity contribution in [3.8, 4) is 0 Å². The second-order valence-electron chi connectivity index (χ2n) is 4.95. The molecule has 0 bridgehead atoms. The minimum absolute atomic E-state index is 0.447. The maximum atomic E-state index is 5.95. The van der Waals surface area contributed by atoms with E-state index in [1.165, 1.54) is 44.9 Å². The van der Waals surface area contributed by atoms with Crippen molar-refractivity contribution in [1.82, 2.24) is 0 Å². The molecule has 12 heavy (non-hydrogen) atoms. The first-order chi connectivity index (χ1) is 5.75. The Kier molecular flexibility index (Phi) is 2.16. The summed E-state index contributed by atoms with van der Waals surface area (Å²) in [5, 5.41) is 0. The van der Waals surface area contributed by atoms with E-state index in [1.807, 2.05) is 0 Å². The highest BCUT2D eigenvalue weighted by molar-refractivity contribution is 5.05. The van der Waals surface area contributed by atoms with E-state index in [4.69, 9.17) is 5.73 Å². The lowest BCUT2D eigenvalue weighted by atomic mass is 9.92. The molecule has 2 atom stereocenters. The molecular weight excluding hydrogens is 146 g/mol. The van der Waals surface area contributed by atoms with Gasteiger partial charge < -0.3 is 5.73 Å². The predicted octanol–water partition coefficient (Wildman–Crippen LogP) is 2.69. The second-order valence-corrected chi connectivity index (χ2v) is 4.95. The SMILES string of the molecule is CC(N)C1CC12CCCCCC2. The van der Waals surface area contributed by atoms with Gasteiger partial charge >= 0.3 is 0 Å². The molecule has 2 saturated carbocycles. The molecule has 1 nitrogen and oxygen atoms in total. The van der Waals surface area contributed by atoms with E-state index in [0.717, 1.165) is 11.3 Å². The molecule has 0 aromatic heterocycles. The second kappa shape index (κ2) is 3.02. The van der Waals surface area contributed by atoms with E-state index < -0.39 is 0 Å². The molecule has 0 aromatic rings. The first-order valence-corrected chi connectivity index (χ1v) is 5.50. The average molecular weight is 167 g/mol. The average Bonchev–Trinajstić information content (AvgIpc) is 2.77. The molecule has 0 radical (unpaired) electrons. The van der Waals surface area contributed by atoms with E-state index >= 15 is 0 Å². The minimum Gasteiger partial charge on any atom is -0.328 e. The summed E-state index contributed by atoms with van der Waals surface area (Å²) >= 11 is 0. The fraction of sp³-hybridized carbons (Fsp3) is 1.00. The Morgan fingerprint density at radius 3 is 2.17 bits per heavy atom. The van der Waals surface area contributed by atoms with Gasteiger partial charge in [-0.25, -0.2) is 0 Å². The maximum absolute atomic E-state index is 5.95. The molecular formula is C11H21N. The Labute approximate surface area is 75.7 Å². The van der Waals surface area contributed by atoms with Crippen LogP contribution in [0.3, 0.4) is 0 Å². The van der Waals surface area contributed by atoms with Crippen LogP contribution < -0.4 is 5.73 Å². The van der Waals surface area contributed by atoms with E-state index in [-0.39, 0.29) is 0 Å². The molecule has 1 spiro atoms. The molecule has 70 valence electrons. The largest absolute Gasteiger partial charge is 0.328 e. The van der Waals surface area contributed by atoms with Crippen molar-refractivity contribution in [2.75, 3.05) is 0 Å². The smallest absolute Gasteiger partial charge is 0.00442 e. The lowest BCUT2D eigenvalue weighted by Gasteiger charge is -2.15. The summed E-state index contributed by atoms with van der Waals surface area (Å²) in [5.41, 5.74) is 6.68. The Morgan fingerprint density at radius 1 is 1.17 bits per heavy atom. The molecule has 2 N–H and O–H groups in total. The van der Waals surface area contributed by atoms with Crippen LogP contribution in [0.15, 0.2) is 0 Å². The maximum Gasteiger partial charge on any atom is 0.00442 e. The van der Waals surface area contributed by atoms with Crippen molar-refractivity contribution >= 4 is 0 Å². The van der Waals surface area contributed by atoms with Crippen molar-refractivity contribution in [2.24, 2.45) is 17.1 Å². The van der Waals surface area contributed by atoms with Crippen LogP contribution in [0.2, 0.25) is 0 Å². The lowest BCUT2D eigenvalue weighted by Crippen LogP contribution is -2.21. The van der Waals surface area contributed by atoms with E-state index in [1.54, 1.807) is 0 Å². The third-order valence-electron chi connectivity index (χ3n) is 3.99. The van der Waals surface area contributed by atoms with Gasteiger partial charge in [0, 0.05) is 6.04 Å². The van der Waals surface area contributed by atoms with Crippen molar-refractivity contribution in [2.45, 2.75) is 57.9 Å². The van der Waals surface area contributed by atoms with Crippen LogP contribution in [0, 0.1) is 11.3 Å². The molecule has 2 fully saturated rings. The zero-order valence-electron chi connectivity index (χ0n) is 8.18. The molecule has 2 aliphatic carbocycles. The highest BCUT2D eigenvalue weighted by atomic mass is 14.7. The van der Waals surface area contributed by atoms with E-state index in [9.17, 15) is 0 Å². The summed E-state index contributed by atoms with van der Waals surface area (Å²) in [5.74, 6) is 0.871. The topological polar surface area (TPSA) is 26.0 Å². The van der Waals surface area contributed by atoms with Crippen LogP contribution in [-0.2, 0) is 0 Å². The molecule has 0 amide bonds. The third kappa shape index (κ3) is 1.39. The van der Waals surface area contributed by atoms with Crippen LogP contribution in [0.25, 0.3) is 0 Å². The first-order valence-electron chi connectivity index (χ1n) is 5.50. The highest BCUT2D eigenvalue weighted by Gasteiger charge is 2.54. The summed E-state index contributed by atoms with van der Waals surface area (Å²) < 4.78 is 0. The van der Waals surface area contributed by atoms with Gasteiger partial charge in [-0.1, -0.05) is 25.7 Å². The normalized spacial score (nSPS) is 36.0. The quantitative estimate of drug-likeness (QED) is 0.638. The van der Waals surface area contributed by atoms with Crippen LogP contribution in [0.5, 0.6) is 0 Å². The number of nitrogens with two attached hydrogens (primary N) is 1. The molecule has 1 heteroatoms. The van der Waals surface area contributed by atoms with Gasteiger partial charge in [-0.05, 0) is 37.5 Å².